The standard InChI is InChI=1S/C25H20FNO4/c1-30-20-12-10-17(11-13-20)15-27(16-19-7-2-4-8-22(19)26)24(28)21-14-18-6-3-5-9-23(18)31-25(21)29/h2-14H,15-16H2,1H3. The summed E-state index contributed by atoms with van der Waals surface area (Å²) in [4.78, 5) is 27.3. The minimum atomic E-state index is -0.725. The van der Waals surface area contributed by atoms with Crippen molar-refractivity contribution in [1.29, 1.82) is 0 Å². The van der Waals surface area contributed by atoms with Gasteiger partial charge >= 0.3 is 5.63 Å². The lowest BCUT2D eigenvalue weighted by molar-refractivity contribution is 0.0724. The van der Waals surface area contributed by atoms with E-state index in [-0.39, 0.29) is 18.7 Å². The number of methoxy groups -OCH3 is 1. The fraction of sp³-hybridized carbons (Fsp3) is 0.120. The van der Waals surface area contributed by atoms with Crippen LogP contribution in [-0.4, -0.2) is 17.9 Å². The number of nitrogens with zero attached hydrogens (tertiary/aromatic N) is 1. The summed E-state index contributed by atoms with van der Waals surface area (Å²) in [5, 5.41) is 0.640. The van der Waals surface area contributed by atoms with Crippen LogP contribution in [0.4, 0.5) is 4.39 Å². The lowest BCUT2D eigenvalue weighted by Crippen LogP contribution is -2.33. The number of amides is 1. The molecule has 0 spiro atoms. The van der Waals surface area contributed by atoms with Crippen molar-refractivity contribution in [2.24, 2.45) is 0 Å². The van der Waals surface area contributed by atoms with E-state index in [2.05, 4.69) is 0 Å². The Hall–Kier alpha value is -3.93. The number of rotatable bonds is 6. The normalized spacial score (nSPS) is 10.8. The number of halogens is 1. The van der Waals surface area contributed by atoms with Crippen LogP contribution in [0.25, 0.3) is 11.0 Å². The summed E-state index contributed by atoms with van der Waals surface area (Å²) in [5.41, 5.74) is 0.755. The van der Waals surface area contributed by atoms with Crippen molar-refractivity contribution in [3.63, 3.8) is 0 Å². The molecule has 0 saturated heterocycles. The molecule has 0 radical (unpaired) electrons. The zero-order valence-electron chi connectivity index (χ0n) is 16.9. The molecule has 0 bridgehead atoms. The van der Waals surface area contributed by atoms with Crippen molar-refractivity contribution < 1.29 is 18.3 Å². The van der Waals surface area contributed by atoms with Crippen molar-refractivity contribution in [2.45, 2.75) is 13.1 Å². The average Bonchev–Trinajstić information content (AvgIpc) is 2.79. The molecule has 3 aromatic carbocycles. The molecule has 4 aromatic rings. The molecule has 5 nitrogen and oxygen atoms in total. The third kappa shape index (κ3) is 4.48. The monoisotopic (exact) mass is 417 g/mol. The van der Waals surface area contributed by atoms with Crippen LogP contribution in [0.3, 0.4) is 0 Å². The second kappa shape index (κ2) is 8.83. The molecule has 0 saturated carbocycles. The lowest BCUT2D eigenvalue weighted by Gasteiger charge is -2.23. The van der Waals surface area contributed by atoms with Gasteiger partial charge in [0.2, 0.25) is 0 Å². The number of carbonyl (C=O) groups is 1. The molecule has 6 heteroatoms. The van der Waals surface area contributed by atoms with Crippen LogP contribution in [0.1, 0.15) is 21.5 Å². The van der Waals surface area contributed by atoms with E-state index < -0.39 is 17.3 Å². The highest BCUT2D eigenvalue weighted by atomic mass is 19.1. The van der Waals surface area contributed by atoms with E-state index in [1.54, 1.807) is 61.7 Å². The van der Waals surface area contributed by atoms with Crippen LogP contribution in [0.5, 0.6) is 5.75 Å². The molecule has 1 amide bonds. The number of hydrogen-bond acceptors (Lipinski definition) is 4. The number of carbonyl (C=O) groups excluding carboxylic acids is 1. The Labute approximate surface area is 178 Å². The second-order valence-corrected chi connectivity index (χ2v) is 7.09. The molecule has 31 heavy (non-hydrogen) atoms. The Bertz CT molecular complexity index is 1280. The van der Waals surface area contributed by atoms with Crippen molar-refractivity contribution in [1.82, 2.24) is 4.90 Å². The molecule has 0 aliphatic heterocycles. The smallest absolute Gasteiger partial charge is 0.349 e. The molecule has 1 heterocycles. The SMILES string of the molecule is COc1ccc(CN(Cc2ccccc2F)C(=O)c2cc3ccccc3oc2=O)cc1. The van der Waals surface area contributed by atoms with Gasteiger partial charge in [0.05, 0.1) is 7.11 Å². The number of benzene rings is 3. The maximum atomic E-state index is 14.3. The van der Waals surface area contributed by atoms with Gasteiger partial charge in [-0.3, -0.25) is 4.79 Å². The number of fused-ring (bicyclic) bond motifs is 1. The maximum absolute atomic E-state index is 14.3. The molecular formula is C25H20FNO4. The number of ether oxygens (including phenoxy) is 1. The van der Waals surface area contributed by atoms with Gasteiger partial charge in [-0.25, -0.2) is 9.18 Å². The van der Waals surface area contributed by atoms with Gasteiger partial charge in [-0.15, -0.1) is 0 Å². The van der Waals surface area contributed by atoms with E-state index in [1.165, 1.54) is 17.0 Å². The van der Waals surface area contributed by atoms with Crippen LogP contribution in [0, 0.1) is 5.82 Å². The predicted molar refractivity (Wildman–Crippen MR) is 115 cm³/mol. The van der Waals surface area contributed by atoms with Crippen LogP contribution in [0.15, 0.2) is 88.1 Å². The van der Waals surface area contributed by atoms with Crippen molar-refractivity contribution in [3.8, 4) is 5.75 Å². The molecule has 0 unspecified atom stereocenters. The molecule has 4 rings (SSSR count). The van der Waals surface area contributed by atoms with Gasteiger partial charge in [0.25, 0.3) is 5.91 Å². The number of hydrogen-bond donors (Lipinski definition) is 0. The topological polar surface area (TPSA) is 59.8 Å². The fourth-order valence-electron chi connectivity index (χ4n) is 3.36. The van der Waals surface area contributed by atoms with E-state index in [4.69, 9.17) is 9.15 Å². The third-order valence-electron chi connectivity index (χ3n) is 5.01. The Morgan fingerprint density at radius 1 is 0.968 bits per heavy atom. The first-order valence-corrected chi connectivity index (χ1v) is 9.73. The molecule has 0 N–H and O–H groups in total. The molecule has 0 aliphatic rings. The van der Waals surface area contributed by atoms with Gasteiger partial charge < -0.3 is 14.1 Å². The molecule has 0 fully saturated rings. The minimum absolute atomic E-state index is 0.00377. The van der Waals surface area contributed by atoms with Gasteiger partial charge in [0.15, 0.2) is 0 Å². The third-order valence-corrected chi connectivity index (χ3v) is 5.01. The van der Waals surface area contributed by atoms with Crippen LogP contribution in [0.2, 0.25) is 0 Å². The van der Waals surface area contributed by atoms with Gasteiger partial charge in [0, 0.05) is 24.0 Å². The first-order valence-electron chi connectivity index (χ1n) is 9.73. The highest BCUT2D eigenvalue weighted by Crippen LogP contribution is 2.19. The van der Waals surface area contributed by atoms with E-state index in [0.29, 0.717) is 22.3 Å². The van der Waals surface area contributed by atoms with Gasteiger partial charge in [-0.2, -0.15) is 0 Å². The fourth-order valence-corrected chi connectivity index (χ4v) is 3.36. The molecule has 156 valence electrons. The van der Waals surface area contributed by atoms with E-state index in [1.807, 2.05) is 12.1 Å². The average molecular weight is 417 g/mol. The predicted octanol–water partition coefficient (Wildman–Crippen LogP) is 4.78. The van der Waals surface area contributed by atoms with Gasteiger partial charge in [-0.05, 0) is 35.9 Å². The largest absolute Gasteiger partial charge is 0.497 e. The van der Waals surface area contributed by atoms with Crippen LogP contribution in [-0.2, 0) is 13.1 Å². The quantitative estimate of drug-likeness (QED) is 0.424. The lowest BCUT2D eigenvalue weighted by atomic mass is 10.1. The number of para-hydroxylation sites is 1. The summed E-state index contributed by atoms with van der Waals surface area (Å²) in [6, 6.07) is 22.0. The second-order valence-electron chi connectivity index (χ2n) is 7.09. The summed E-state index contributed by atoms with van der Waals surface area (Å²) in [7, 11) is 1.57. The molecule has 0 atom stereocenters. The minimum Gasteiger partial charge on any atom is -0.497 e. The van der Waals surface area contributed by atoms with Crippen LogP contribution >= 0.6 is 0 Å². The summed E-state index contributed by atoms with van der Waals surface area (Å²) in [5.74, 6) is -0.259. The maximum Gasteiger partial charge on any atom is 0.349 e. The Morgan fingerprint density at radius 3 is 2.42 bits per heavy atom. The Kier molecular flexibility index (Phi) is 5.80. The zero-order valence-corrected chi connectivity index (χ0v) is 16.9. The Morgan fingerprint density at radius 2 is 1.68 bits per heavy atom. The van der Waals surface area contributed by atoms with Crippen molar-refractivity contribution >= 4 is 16.9 Å². The summed E-state index contributed by atoms with van der Waals surface area (Å²) < 4.78 is 24.8. The van der Waals surface area contributed by atoms with Crippen molar-refractivity contribution in [3.05, 3.63) is 112 Å². The highest BCUT2D eigenvalue weighted by Gasteiger charge is 2.22. The summed E-state index contributed by atoms with van der Waals surface area (Å²) in [6.07, 6.45) is 0. The van der Waals surface area contributed by atoms with Crippen molar-refractivity contribution in [2.75, 3.05) is 7.11 Å². The van der Waals surface area contributed by atoms with E-state index in [9.17, 15) is 14.0 Å². The summed E-state index contributed by atoms with van der Waals surface area (Å²) in [6.45, 7) is 0.188. The van der Waals surface area contributed by atoms with Crippen LogP contribution < -0.4 is 10.4 Å². The highest BCUT2D eigenvalue weighted by molar-refractivity contribution is 5.96. The zero-order chi connectivity index (χ0) is 21.8. The first kappa shape index (κ1) is 20.3. The first-order chi connectivity index (χ1) is 15.0. The Balaban J connectivity index is 1.71. The van der Waals surface area contributed by atoms with E-state index >= 15 is 0 Å². The molecular weight excluding hydrogens is 397 g/mol. The van der Waals surface area contributed by atoms with E-state index in [0.717, 1.165) is 5.56 Å². The molecule has 1 aromatic heterocycles. The van der Waals surface area contributed by atoms with Gasteiger partial charge in [0.1, 0.15) is 22.7 Å². The molecule has 0 aliphatic carbocycles. The van der Waals surface area contributed by atoms with Gasteiger partial charge in [-0.1, -0.05) is 48.5 Å². The summed E-state index contributed by atoms with van der Waals surface area (Å²) >= 11 is 0.